The van der Waals surface area contributed by atoms with E-state index in [0.29, 0.717) is 19.0 Å². The lowest BCUT2D eigenvalue weighted by Gasteiger charge is -2.18. The summed E-state index contributed by atoms with van der Waals surface area (Å²) in [7, 11) is 0. The molecule has 0 fully saturated rings. The SMILES string of the molecule is CCCN(CCO)Cc1ncc(-c2ccc(Br)cc2)o1. The van der Waals surface area contributed by atoms with E-state index in [2.05, 4.69) is 32.7 Å². The van der Waals surface area contributed by atoms with Gasteiger partial charge in [-0.05, 0) is 25.1 Å². The summed E-state index contributed by atoms with van der Waals surface area (Å²) < 4.78 is 6.82. The van der Waals surface area contributed by atoms with Gasteiger partial charge in [0.1, 0.15) is 0 Å². The van der Waals surface area contributed by atoms with Crippen LogP contribution in [-0.2, 0) is 6.54 Å². The Labute approximate surface area is 127 Å². The van der Waals surface area contributed by atoms with Crippen molar-refractivity contribution < 1.29 is 9.52 Å². The van der Waals surface area contributed by atoms with Crippen molar-refractivity contribution in [2.75, 3.05) is 19.7 Å². The molecule has 1 N–H and O–H groups in total. The molecule has 1 aromatic carbocycles. The Morgan fingerprint density at radius 3 is 2.65 bits per heavy atom. The van der Waals surface area contributed by atoms with Crippen molar-refractivity contribution in [2.45, 2.75) is 19.9 Å². The van der Waals surface area contributed by atoms with Gasteiger partial charge in [0.2, 0.25) is 5.89 Å². The molecule has 0 saturated carbocycles. The average Bonchev–Trinajstić information content (AvgIpc) is 2.89. The van der Waals surface area contributed by atoms with Gasteiger partial charge in [0.05, 0.1) is 19.3 Å². The van der Waals surface area contributed by atoms with Crippen LogP contribution in [0.4, 0.5) is 0 Å². The van der Waals surface area contributed by atoms with Crippen LogP contribution in [0.15, 0.2) is 39.4 Å². The summed E-state index contributed by atoms with van der Waals surface area (Å²) in [6.45, 7) is 4.47. The van der Waals surface area contributed by atoms with Crippen molar-refractivity contribution in [3.05, 3.63) is 40.8 Å². The Balaban J connectivity index is 2.06. The van der Waals surface area contributed by atoms with Crippen LogP contribution >= 0.6 is 15.9 Å². The molecule has 0 bridgehead atoms. The quantitative estimate of drug-likeness (QED) is 0.841. The lowest BCUT2D eigenvalue weighted by Crippen LogP contribution is -2.27. The minimum Gasteiger partial charge on any atom is -0.439 e. The molecule has 0 spiro atoms. The van der Waals surface area contributed by atoms with Crippen molar-refractivity contribution in [2.24, 2.45) is 0 Å². The maximum atomic E-state index is 9.05. The average molecular weight is 339 g/mol. The zero-order chi connectivity index (χ0) is 14.4. The second kappa shape index (κ2) is 7.57. The molecule has 2 aromatic rings. The van der Waals surface area contributed by atoms with E-state index in [1.807, 2.05) is 24.3 Å². The fourth-order valence-electron chi connectivity index (χ4n) is 2.05. The molecule has 0 atom stereocenters. The number of benzene rings is 1. The lowest BCUT2D eigenvalue weighted by atomic mass is 10.2. The molecule has 0 saturated heterocycles. The van der Waals surface area contributed by atoms with E-state index in [1.54, 1.807) is 6.20 Å². The first-order valence-electron chi connectivity index (χ1n) is 6.76. The highest BCUT2D eigenvalue weighted by Crippen LogP contribution is 2.22. The number of hydrogen-bond donors (Lipinski definition) is 1. The maximum absolute atomic E-state index is 9.05. The molecule has 0 aliphatic heterocycles. The number of hydrogen-bond acceptors (Lipinski definition) is 4. The van der Waals surface area contributed by atoms with Gasteiger partial charge >= 0.3 is 0 Å². The van der Waals surface area contributed by atoms with Crippen molar-refractivity contribution in [3.8, 4) is 11.3 Å². The number of aliphatic hydroxyl groups excluding tert-OH is 1. The zero-order valence-corrected chi connectivity index (χ0v) is 13.1. The first kappa shape index (κ1) is 15.2. The molecule has 4 nitrogen and oxygen atoms in total. The first-order chi connectivity index (χ1) is 9.72. The zero-order valence-electron chi connectivity index (χ0n) is 11.6. The summed E-state index contributed by atoms with van der Waals surface area (Å²) in [6.07, 6.45) is 2.79. The van der Waals surface area contributed by atoms with Crippen LogP contribution in [0.2, 0.25) is 0 Å². The van der Waals surface area contributed by atoms with Gasteiger partial charge < -0.3 is 9.52 Å². The first-order valence-corrected chi connectivity index (χ1v) is 7.56. The van der Waals surface area contributed by atoms with Crippen LogP contribution in [0, 0.1) is 0 Å². The molecule has 0 aliphatic carbocycles. The molecule has 0 radical (unpaired) electrons. The molecule has 20 heavy (non-hydrogen) atoms. The minimum absolute atomic E-state index is 0.153. The van der Waals surface area contributed by atoms with E-state index in [9.17, 15) is 0 Å². The monoisotopic (exact) mass is 338 g/mol. The normalized spacial score (nSPS) is 11.2. The van der Waals surface area contributed by atoms with E-state index < -0.39 is 0 Å². The molecule has 0 aliphatic rings. The molecule has 0 amide bonds. The second-order valence-corrected chi connectivity index (χ2v) is 5.54. The van der Waals surface area contributed by atoms with Gasteiger partial charge in [-0.25, -0.2) is 4.98 Å². The van der Waals surface area contributed by atoms with Crippen molar-refractivity contribution in [1.82, 2.24) is 9.88 Å². The number of aliphatic hydroxyl groups is 1. The van der Waals surface area contributed by atoms with Crippen LogP contribution < -0.4 is 0 Å². The summed E-state index contributed by atoms with van der Waals surface area (Å²) in [6, 6.07) is 7.94. The topological polar surface area (TPSA) is 49.5 Å². The third-order valence-electron chi connectivity index (χ3n) is 3.00. The van der Waals surface area contributed by atoms with Gasteiger partial charge in [0.25, 0.3) is 0 Å². The highest BCUT2D eigenvalue weighted by Gasteiger charge is 2.10. The van der Waals surface area contributed by atoms with Crippen molar-refractivity contribution >= 4 is 15.9 Å². The summed E-state index contributed by atoms with van der Waals surface area (Å²) in [4.78, 5) is 6.45. The minimum atomic E-state index is 0.153. The molecule has 1 aromatic heterocycles. The Kier molecular flexibility index (Phi) is 5.76. The smallest absolute Gasteiger partial charge is 0.209 e. The van der Waals surface area contributed by atoms with Crippen LogP contribution in [0.1, 0.15) is 19.2 Å². The van der Waals surface area contributed by atoms with E-state index in [-0.39, 0.29) is 6.61 Å². The Hall–Kier alpha value is -1.17. The van der Waals surface area contributed by atoms with Crippen LogP contribution in [0.3, 0.4) is 0 Å². The van der Waals surface area contributed by atoms with Gasteiger partial charge in [-0.1, -0.05) is 35.0 Å². The van der Waals surface area contributed by atoms with Gasteiger partial charge in [-0.2, -0.15) is 0 Å². The molecule has 5 heteroatoms. The Morgan fingerprint density at radius 1 is 1.25 bits per heavy atom. The summed E-state index contributed by atoms with van der Waals surface area (Å²) in [5.41, 5.74) is 1.01. The second-order valence-electron chi connectivity index (χ2n) is 4.62. The number of oxazole rings is 1. The fraction of sp³-hybridized carbons (Fsp3) is 0.400. The van der Waals surface area contributed by atoms with Crippen LogP contribution in [-0.4, -0.2) is 34.7 Å². The Bertz CT molecular complexity index is 519. The maximum Gasteiger partial charge on any atom is 0.209 e. The van der Waals surface area contributed by atoms with Gasteiger partial charge in [0, 0.05) is 16.6 Å². The van der Waals surface area contributed by atoms with Gasteiger partial charge in [-0.15, -0.1) is 0 Å². The standard InChI is InChI=1S/C15H19BrN2O2/c1-2-7-18(8-9-19)11-15-17-10-14(20-15)12-3-5-13(16)6-4-12/h3-6,10,19H,2,7-9,11H2,1H3. The highest BCUT2D eigenvalue weighted by atomic mass is 79.9. The van der Waals surface area contributed by atoms with Gasteiger partial charge in [0.15, 0.2) is 5.76 Å². The van der Waals surface area contributed by atoms with Crippen molar-refractivity contribution in [1.29, 1.82) is 0 Å². The van der Waals surface area contributed by atoms with Crippen LogP contribution in [0.5, 0.6) is 0 Å². The summed E-state index contributed by atoms with van der Waals surface area (Å²) >= 11 is 3.41. The fourth-order valence-corrected chi connectivity index (χ4v) is 2.31. The lowest BCUT2D eigenvalue weighted by molar-refractivity contribution is 0.179. The number of aromatic nitrogens is 1. The molecule has 0 unspecified atom stereocenters. The predicted molar refractivity (Wildman–Crippen MR) is 82.3 cm³/mol. The van der Waals surface area contributed by atoms with Crippen molar-refractivity contribution in [3.63, 3.8) is 0 Å². The third kappa shape index (κ3) is 4.16. The Morgan fingerprint density at radius 2 is 2.00 bits per heavy atom. The highest BCUT2D eigenvalue weighted by molar-refractivity contribution is 9.10. The summed E-state index contributed by atoms with van der Waals surface area (Å²) in [5.74, 6) is 1.46. The number of halogens is 1. The third-order valence-corrected chi connectivity index (χ3v) is 3.53. The van der Waals surface area contributed by atoms with Crippen LogP contribution in [0.25, 0.3) is 11.3 Å². The molecule has 108 valence electrons. The van der Waals surface area contributed by atoms with E-state index in [4.69, 9.17) is 9.52 Å². The molecule has 1 heterocycles. The molecular formula is C15H19BrN2O2. The molecular weight excluding hydrogens is 320 g/mol. The van der Waals surface area contributed by atoms with E-state index in [0.717, 1.165) is 28.8 Å². The number of nitrogens with zero attached hydrogens (tertiary/aromatic N) is 2. The molecule has 2 rings (SSSR count). The van der Waals surface area contributed by atoms with E-state index in [1.165, 1.54) is 0 Å². The van der Waals surface area contributed by atoms with E-state index >= 15 is 0 Å². The predicted octanol–water partition coefficient (Wildman–Crippen LogP) is 3.31. The number of rotatable bonds is 7. The van der Waals surface area contributed by atoms with Gasteiger partial charge in [-0.3, -0.25) is 4.90 Å². The largest absolute Gasteiger partial charge is 0.439 e. The summed E-state index contributed by atoms with van der Waals surface area (Å²) in [5, 5.41) is 9.05.